The van der Waals surface area contributed by atoms with Crippen LogP contribution in [-0.4, -0.2) is 31.4 Å². The van der Waals surface area contributed by atoms with Gasteiger partial charge < -0.3 is 9.88 Å². The van der Waals surface area contributed by atoms with Gasteiger partial charge in [-0.15, -0.1) is 0 Å². The highest BCUT2D eigenvalue weighted by atomic mass is 15.3. The monoisotopic (exact) mass is 248 g/mol. The summed E-state index contributed by atoms with van der Waals surface area (Å²) in [6.45, 7) is 4.21. The van der Waals surface area contributed by atoms with E-state index >= 15 is 0 Å². The SMILES string of the molecule is CNC(Cc1ncnn1C(C)C)c1cn(C)cn1. The van der Waals surface area contributed by atoms with Gasteiger partial charge in [-0.3, -0.25) is 0 Å². The molecule has 0 bridgehead atoms. The molecular formula is C12H20N6. The molecule has 6 nitrogen and oxygen atoms in total. The Morgan fingerprint density at radius 2 is 2.11 bits per heavy atom. The van der Waals surface area contributed by atoms with Crippen LogP contribution < -0.4 is 5.32 Å². The zero-order chi connectivity index (χ0) is 13.1. The number of hydrogen-bond donors (Lipinski definition) is 1. The number of hydrogen-bond acceptors (Lipinski definition) is 4. The summed E-state index contributed by atoms with van der Waals surface area (Å²) in [6.07, 6.45) is 6.23. The first kappa shape index (κ1) is 12.8. The van der Waals surface area contributed by atoms with E-state index in [-0.39, 0.29) is 6.04 Å². The minimum atomic E-state index is 0.160. The number of rotatable bonds is 5. The summed E-state index contributed by atoms with van der Waals surface area (Å²) in [4.78, 5) is 8.72. The van der Waals surface area contributed by atoms with Crippen molar-refractivity contribution in [3.05, 3.63) is 30.4 Å². The van der Waals surface area contributed by atoms with Crippen molar-refractivity contribution in [1.82, 2.24) is 29.6 Å². The van der Waals surface area contributed by atoms with Crippen LogP contribution in [0.5, 0.6) is 0 Å². The van der Waals surface area contributed by atoms with Crippen molar-refractivity contribution in [2.24, 2.45) is 7.05 Å². The van der Waals surface area contributed by atoms with Crippen LogP contribution in [0.2, 0.25) is 0 Å². The van der Waals surface area contributed by atoms with Gasteiger partial charge in [-0.1, -0.05) is 0 Å². The number of aromatic nitrogens is 5. The summed E-state index contributed by atoms with van der Waals surface area (Å²) in [5.41, 5.74) is 1.03. The lowest BCUT2D eigenvalue weighted by atomic mass is 10.1. The number of nitrogens with zero attached hydrogens (tertiary/aromatic N) is 5. The predicted molar refractivity (Wildman–Crippen MR) is 69.1 cm³/mol. The molecule has 0 saturated heterocycles. The molecule has 0 fully saturated rings. The van der Waals surface area contributed by atoms with Crippen molar-refractivity contribution in [3.8, 4) is 0 Å². The fraction of sp³-hybridized carbons (Fsp3) is 0.583. The van der Waals surface area contributed by atoms with Gasteiger partial charge >= 0.3 is 0 Å². The Bertz CT molecular complexity index is 498. The highest BCUT2D eigenvalue weighted by Gasteiger charge is 2.17. The molecule has 2 aromatic rings. The second-order valence-corrected chi connectivity index (χ2v) is 4.72. The standard InChI is InChI=1S/C12H20N6/c1-9(2)18-12(14-7-16-18)5-10(13-3)11-6-17(4)8-15-11/h6-10,13H,5H2,1-4H3. The number of nitrogens with one attached hydrogen (secondary N) is 1. The zero-order valence-electron chi connectivity index (χ0n) is 11.3. The van der Waals surface area contributed by atoms with Gasteiger partial charge in [-0.2, -0.15) is 5.10 Å². The Kier molecular flexibility index (Phi) is 3.76. The molecule has 2 heterocycles. The topological polar surface area (TPSA) is 60.6 Å². The quantitative estimate of drug-likeness (QED) is 0.860. The van der Waals surface area contributed by atoms with Crippen molar-refractivity contribution in [3.63, 3.8) is 0 Å². The molecule has 0 aliphatic rings. The molecule has 98 valence electrons. The summed E-state index contributed by atoms with van der Waals surface area (Å²) in [5, 5.41) is 7.53. The minimum Gasteiger partial charge on any atom is -0.340 e. The van der Waals surface area contributed by atoms with E-state index in [0.29, 0.717) is 6.04 Å². The molecule has 0 aliphatic carbocycles. The number of imidazole rings is 1. The van der Waals surface area contributed by atoms with Gasteiger partial charge in [0.1, 0.15) is 12.2 Å². The summed E-state index contributed by atoms with van der Waals surface area (Å²) in [5.74, 6) is 0.981. The van der Waals surface area contributed by atoms with E-state index in [0.717, 1.165) is 17.9 Å². The van der Waals surface area contributed by atoms with Crippen molar-refractivity contribution < 1.29 is 0 Å². The third-order valence-electron chi connectivity index (χ3n) is 2.95. The molecule has 0 radical (unpaired) electrons. The molecular weight excluding hydrogens is 228 g/mol. The van der Waals surface area contributed by atoms with Crippen LogP contribution in [0.15, 0.2) is 18.9 Å². The maximum atomic E-state index is 4.39. The molecule has 2 aromatic heterocycles. The molecule has 6 heteroatoms. The molecule has 1 atom stereocenters. The molecule has 1 unspecified atom stereocenters. The summed E-state index contributed by atoms with van der Waals surface area (Å²) >= 11 is 0. The Morgan fingerprint density at radius 1 is 1.33 bits per heavy atom. The fourth-order valence-electron chi connectivity index (χ4n) is 2.00. The lowest BCUT2D eigenvalue weighted by molar-refractivity contribution is 0.475. The third-order valence-corrected chi connectivity index (χ3v) is 2.95. The molecule has 0 saturated carbocycles. The van der Waals surface area contributed by atoms with E-state index in [2.05, 4.69) is 34.2 Å². The molecule has 0 amide bonds. The first-order valence-electron chi connectivity index (χ1n) is 6.15. The molecule has 18 heavy (non-hydrogen) atoms. The van der Waals surface area contributed by atoms with E-state index in [1.54, 1.807) is 6.33 Å². The molecule has 0 spiro atoms. The van der Waals surface area contributed by atoms with Crippen LogP contribution in [0.25, 0.3) is 0 Å². The maximum absolute atomic E-state index is 4.39. The van der Waals surface area contributed by atoms with E-state index in [1.807, 2.05) is 35.9 Å². The maximum Gasteiger partial charge on any atom is 0.138 e. The normalized spacial score (nSPS) is 13.2. The lowest BCUT2D eigenvalue weighted by Crippen LogP contribution is -2.22. The van der Waals surface area contributed by atoms with Gasteiger partial charge in [0.2, 0.25) is 0 Å². The molecule has 1 N–H and O–H groups in total. The summed E-state index contributed by atoms with van der Waals surface area (Å²) in [7, 11) is 3.91. The van der Waals surface area contributed by atoms with Gasteiger partial charge in [0.05, 0.1) is 18.1 Å². The van der Waals surface area contributed by atoms with Gasteiger partial charge in [0.15, 0.2) is 0 Å². The van der Waals surface area contributed by atoms with Crippen molar-refractivity contribution in [1.29, 1.82) is 0 Å². The minimum absolute atomic E-state index is 0.160. The van der Waals surface area contributed by atoms with Crippen LogP contribution in [0.1, 0.15) is 37.4 Å². The molecule has 0 aliphatic heterocycles. The van der Waals surface area contributed by atoms with Crippen LogP contribution >= 0.6 is 0 Å². The van der Waals surface area contributed by atoms with Crippen LogP contribution in [-0.2, 0) is 13.5 Å². The Labute approximate surface area is 107 Å². The smallest absolute Gasteiger partial charge is 0.138 e. The summed E-state index contributed by atoms with van der Waals surface area (Å²) in [6, 6.07) is 0.483. The summed E-state index contributed by atoms with van der Waals surface area (Å²) < 4.78 is 3.90. The van der Waals surface area contributed by atoms with Crippen LogP contribution in [0.3, 0.4) is 0 Å². The second kappa shape index (κ2) is 5.30. The third kappa shape index (κ3) is 2.59. The zero-order valence-corrected chi connectivity index (χ0v) is 11.3. The van der Waals surface area contributed by atoms with E-state index in [1.165, 1.54) is 0 Å². The molecule has 0 aromatic carbocycles. The van der Waals surface area contributed by atoms with Crippen molar-refractivity contribution in [2.45, 2.75) is 32.4 Å². The van der Waals surface area contributed by atoms with Crippen LogP contribution in [0, 0.1) is 0 Å². The van der Waals surface area contributed by atoms with Gasteiger partial charge in [0, 0.05) is 25.7 Å². The van der Waals surface area contributed by atoms with Gasteiger partial charge in [-0.05, 0) is 20.9 Å². The largest absolute Gasteiger partial charge is 0.340 e. The Hall–Kier alpha value is -1.69. The average molecular weight is 248 g/mol. The first-order valence-corrected chi connectivity index (χ1v) is 6.15. The van der Waals surface area contributed by atoms with E-state index in [9.17, 15) is 0 Å². The van der Waals surface area contributed by atoms with Crippen LogP contribution in [0.4, 0.5) is 0 Å². The Balaban J connectivity index is 2.18. The van der Waals surface area contributed by atoms with E-state index < -0.39 is 0 Å². The number of likely N-dealkylation sites (N-methyl/N-ethyl adjacent to an activating group) is 1. The lowest BCUT2D eigenvalue weighted by Gasteiger charge is -2.15. The van der Waals surface area contributed by atoms with Gasteiger partial charge in [-0.25, -0.2) is 14.6 Å². The van der Waals surface area contributed by atoms with Gasteiger partial charge in [0.25, 0.3) is 0 Å². The highest BCUT2D eigenvalue weighted by molar-refractivity contribution is 5.07. The second-order valence-electron chi connectivity index (χ2n) is 4.72. The average Bonchev–Trinajstić information content (AvgIpc) is 2.94. The number of aryl methyl sites for hydroxylation is 1. The van der Waals surface area contributed by atoms with E-state index in [4.69, 9.17) is 0 Å². The Morgan fingerprint density at radius 3 is 2.67 bits per heavy atom. The molecule has 2 rings (SSSR count). The fourth-order valence-corrected chi connectivity index (χ4v) is 2.00. The predicted octanol–water partition coefficient (Wildman–Crippen LogP) is 1.10. The van der Waals surface area contributed by atoms with Crippen molar-refractivity contribution >= 4 is 0 Å². The van der Waals surface area contributed by atoms with Crippen molar-refractivity contribution in [2.75, 3.05) is 7.05 Å². The first-order chi connectivity index (χ1) is 8.61. The highest BCUT2D eigenvalue weighted by Crippen LogP contribution is 2.16.